The minimum absolute atomic E-state index is 0.891. The summed E-state index contributed by atoms with van der Waals surface area (Å²) in [5.41, 5.74) is 6.31. The molecule has 1 aliphatic carbocycles. The molecule has 1 aromatic carbocycles. The van der Waals surface area contributed by atoms with Crippen LogP contribution in [0.1, 0.15) is 29.7 Å². The van der Waals surface area contributed by atoms with Gasteiger partial charge in [-0.2, -0.15) is 0 Å². The van der Waals surface area contributed by atoms with Gasteiger partial charge in [0.1, 0.15) is 0 Å². The first-order valence-electron chi connectivity index (χ1n) is 8.35. The fraction of sp³-hybridized carbons (Fsp3) is 0.444. The molecule has 23 heavy (non-hydrogen) atoms. The zero-order chi connectivity index (χ0) is 15.6. The molecule has 2 aromatic rings. The lowest BCUT2D eigenvalue weighted by Gasteiger charge is -2.31. The van der Waals surface area contributed by atoms with Gasteiger partial charge in [-0.3, -0.25) is 4.72 Å². The number of rotatable bonds is 5. The molecule has 0 amide bonds. The average Bonchev–Trinajstić information content (AvgIpc) is 2.99. The number of hydrogen-bond donors (Lipinski definition) is 1. The van der Waals surface area contributed by atoms with Crippen molar-refractivity contribution >= 4 is 17.9 Å². The molecule has 2 heterocycles. The maximum atomic E-state index is 4.92. The number of nitrogens with zero attached hydrogens (tertiary/aromatic N) is 3. The Morgan fingerprint density at radius 3 is 2.61 bits per heavy atom. The maximum absolute atomic E-state index is 4.92. The van der Waals surface area contributed by atoms with E-state index in [0.717, 1.165) is 44.1 Å². The third-order valence-corrected chi connectivity index (χ3v) is 5.14. The fourth-order valence-corrected chi connectivity index (χ4v) is 3.56. The second kappa shape index (κ2) is 6.49. The summed E-state index contributed by atoms with van der Waals surface area (Å²) in [7, 11) is 0. The predicted molar refractivity (Wildman–Crippen MR) is 96.7 cm³/mol. The molecule has 0 spiro atoms. The second-order valence-corrected chi connectivity index (χ2v) is 6.91. The molecule has 0 radical (unpaired) electrons. The smallest absolute Gasteiger partial charge is 0.226 e. The Hall–Kier alpha value is -1.59. The van der Waals surface area contributed by atoms with Crippen LogP contribution >= 0.6 is 11.9 Å². The molecule has 1 fully saturated rings. The molecule has 1 N–H and O–H groups in total. The van der Waals surface area contributed by atoms with Gasteiger partial charge in [0.2, 0.25) is 5.95 Å². The van der Waals surface area contributed by atoms with Gasteiger partial charge >= 0.3 is 0 Å². The van der Waals surface area contributed by atoms with Gasteiger partial charge in [-0.1, -0.05) is 36.2 Å². The van der Waals surface area contributed by atoms with Crippen molar-refractivity contribution in [2.24, 2.45) is 0 Å². The zero-order valence-corrected chi connectivity index (χ0v) is 14.3. The van der Waals surface area contributed by atoms with E-state index < -0.39 is 0 Å². The highest BCUT2D eigenvalue weighted by atomic mass is 32.2. The van der Waals surface area contributed by atoms with Crippen LogP contribution in [-0.4, -0.2) is 29.3 Å². The molecule has 1 saturated heterocycles. The highest BCUT2D eigenvalue weighted by molar-refractivity contribution is 7.96. The van der Waals surface area contributed by atoms with Crippen LogP contribution < -0.4 is 9.62 Å². The Labute approximate surface area is 141 Å². The van der Waals surface area contributed by atoms with E-state index in [9.17, 15) is 0 Å². The summed E-state index contributed by atoms with van der Waals surface area (Å²) in [6.07, 6.45) is 6.72. The van der Waals surface area contributed by atoms with E-state index in [1.165, 1.54) is 35.2 Å². The van der Waals surface area contributed by atoms with Crippen LogP contribution in [0.15, 0.2) is 24.3 Å². The second-order valence-electron chi connectivity index (χ2n) is 6.21. The van der Waals surface area contributed by atoms with Crippen molar-refractivity contribution in [3.05, 3.63) is 41.1 Å². The molecule has 120 valence electrons. The SMILES string of the molecule is CSNCc1ccc(-c2nc(N3CCC3)nc3c2CCC3)cc1. The minimum atomic E-state index is 0.891. The van der Waals surface area contributed by atoms with Crippen LogP contribution in [0.4, 0.5) is 5.95 Å². The summed E-state index contributed by atoms with van der Waals surface area (Å²) in [5.74, 6) is 0.931. The summed E-state index contributed by atoms with van der Waals surface area (Å²) in [6.45, 7) is 3.08. The van der Waals surface area contributed by atoms with E-state index in [1.807, 2.05) is 0 Å². The first-order valence-corrected chi connectivity index (χ1v) is 9.57. The van der Waals surface area contributed by atoms with Gasteiger partial charge in [0.05, 0.1) is 5.69 Å². The van der Waals surface area contributed by atoms with Crippen LogP contribution in [0.3, 0.4) is 0 Å². The molecule has 4 nitrogen and oxygen atoms in total. The number of anilines is 1. The summed E-state index contributed by atoms with van der Waals surface area (Å²) in [6, 6.07) is 8.81. The van der Waals surface area contributed by atoms with E-state index in [-0.39, 0.29) is 0 Å². The van der Waals surface area contributed by atoms with Crippen molar-refractivity contribution in [2.45, 2.75) is 32.2 Å². The third kappa shape index (κ3) is 2.95. The standard InChI is InChI=1S/C18H22N4S/c1-23-19-12-13-6-8-14(9-7-13)17-15-4-2-5-16(15)20-18(21-17)22-10-3-11-22/h6-9,19H,2-5,10-12H2,1H3. The predicted octanol–water partition coefficient (Wildman–Crippen LogP) is 3.21. The van der Waals surface area contributed by atoms with Crippen LogP contribution in [-0.2, 0) is 19.4 Å². The summed E-state index contributed by atoms with van der Waals surface area (Å²) < 4.78 is 3.29. The lowest BCUT2D eigenvalue weighted by molar-refractivity contribution is 0.599. The molecular formula is C18H22N4S. The monoisotopic (exact) mass is 326 g/mol. The lowest BCUT2D eigenvalue weighted by Crippen LogP contribution is -2.38. The van der Waals surface area contributed by atoms with Gasteiger partial charge in [0, 0.05) is 36.5 Å². The van der Waals surface area contributed by atoms with Gasteiger partial charge in [-0.25, -0.2) is 9.97 Å². The van der Waals surface area contributed by atoms with Gasteiger partial charge in [0.15, 0.2) is 0 Å². The Balaban J connectivity index is 1.68. The van der Waals surface area contributed by atoms with E-state index in [4.69, 9.17) is 9.97 Å². The molecule has 4 rings (SSSR count). The van der Waals surface area contributed by atoms with Crippen molar-refractivity contribution < 1.29 is 0 Å². The molecule has 2 aliphatic rings. The average molecular weight is 326 g/mol. The number of hydrogen-bond acceptors (Lipinski definition) is 5. The topological polar surface area (TPSA) is 41.1 Å². The van der Waals surface area contributed by atoms with Gasteiger partial charge in [0.25, 0.3) is 0 Å². The summed E-state index contributed by atoms with van der Waals surface area (Å²) >= 11 is 1.65. The number of benzene rings is 1. The summed E-state index contributed by atoms with van der Waals surface area (Å²) in [4.78, 5) is 12.0. The van der Waals surface area contributed by atoms with Crippen LogP contribution in [0.2, 0.25) is 0 Å². The number of aryl methyl sites for hydroxylation is 1. The van der Waals surface area contributed by atoms with Gasteiger partial charge < -0.3 is 4.90 Å². The van der Waals surface area contributed by atoms with Gasteiger partial charge in [-0.05, 0) is 37.5 Å². The maximum Gasteiger partial charge on any atom is 0.226 e. The van der Waals surface area contributed by atoms with E-state index in [2.05, 4.69) is 40.1 Å². The first kappa shape index (κ1) is 15.0. The van der Waals surface area contributed by atoms with Gasteiger partial charge in [-0.15, -0.1) is 0 Å². The quantitative estimate of drug-likeness (QED) is 0.855. The highest BCUT2D eigenvalue weighted by Gasteiger charge is 2.24. The number of fused-ring (bicyclic) bond motifs is 1. The molecule has 5 heteroatoms. The Morgan fingerprint density at radius 1 is 1.09 bits per heavy atom. The summed E-state index contributed by atoms with van der Waals surface area (Å²) in [5, 5.41) is 0. The molecular weight excluding hydrogens is 304 g/mol. The normalized spacial score (nSPS) is 16.3. The molecule has 1 aromatic heterocycles. The minimum Gasteiger partial charge on any atom is -0.341 e. The van der Waals surface area contributed by atoms with Crippen molar-refractivity contribution in [1.29, 1.82) is 0 Å². The molecule has 0 atom stereocenters. The first-order chi connectivity index (χ1) is 11.3. The van der Waals surface area contributed by atoms with Crippen molar-refractivity contribution in [1.82, 2.24) is 14.7 Å². The largest absolute Gasteiger partial charge is 0.341 e. The molecule has 1 aliphatic heterocycles. The number of aromatic nitrogens is 2. The number of nitrogens with one attached hydrogen (secondary N) is 1. The lowest BCUT2D eigenvalue weighted by atomic mass is 10.0. The van der Waals surface area contributed by atoms with Crippen molar-refractivity contribution in [3.63, 3.8) is 0 Å². The van der Waals surface area contributed by atoms with Crippen LogP contribution in [0.25, 0.3) is 11.3 Å². The van der Waals surface area contributed by atoms with Crippen LogP contribution in [0.5, 0.6) is 0 Å². The van der Waals surface area contributed by atoms with Crippen LogP contribution in [0, 0.1) is 0 Å². The zero-order valence-electron chi connectivity index (χ0n) is 13.5. The van der Waals surface area contributed by atoms with Crippen molar-refractivity contribution in [3.8, 4) is 11.3 Å². The Morgan fingerprint density at radius 2 is 1.91 bits per heavy atom. The Kier molecular flexibility index (Phi) is 4.23. The molecule has 0 saturated carbocycles. The van der Waals surface area contributed by atoms with E-state index in [1.54, 1.807) is 11.9 Å². The molecule has 0 unspecified atom stereocenters. The molecule has 0 bridgehead atoms. The van der Waals surface area contributed by atoms with E-state index >= 15 is 0 Å². The Bertz CT molecular complexity index is 695. The van der Waals surface area contributed by atoms with Crippen molar-refractivity contribution in [2.75, 3.05) is 24.2 Å². The highest BCUT2D eigenvalue weighted by Crippen LogP contribution is 2.32. The third-order valence-electron chi connectivity index (χ3n) is 4.71. The fourth-order valence-electron chi connectivity index (χ4n) is 3.25. The van der Waals surface area contributed by atoms with E-state index in [0.29, 0.717) is 0 Å².